The van der Waals surface area contributed by atoms with Gasteiger partial charge in [0, 0.05) is 19.3 Å². The fraction of sp³-hybridized carbons (Fsp3) is 0.667. The molecule has 2 fully saturated rings. The number of aromatic nitrogens is 2. The third kappa shape index (κ3) is 3.48. The normalized spacial score (nSPS) is 31.0. The maximum Gasteiger partial charge on any atom is 0.351 e. The summed E-state index contributed by atoms with van der Waals surface area (Å²) in [6, 6.07) is 1.54. The molecule has 9 heteroatoms. The molecule has 3 N–H and O–H groups in total. The van der Waals surface area contributed by atoms with Gasteiger partial charge in [0.25, 0.3) is 0 Å². The highest BCUT2D eigenvalue weighted by atomic mass is 16.6. The minimum Gasteiger partial charge on any atom is -0.394 e. The molecule has 0 aromatic carbocycles. The lowest BCUT2D eigenvalue weighted by atomic mass is 10.1. The average Bonchev–Trinajstić information content (AvgIpc) is 2.89. The summed E-state index contributed by atoms with van der Waals surface area (Å²) < 4.78 is 6.41. The lowest BCUT2D eigenvalue weighted by molar-refractivity contribution is -0.0549. The molecule has 0 saturated carbocycles. The molecule has 1 aromatic rings. The molecule has 0 bridgehead atoms. The van der Waals surface area contributed by atoms with Gasteiger partial charge in [0.2, 0.25) is 0 Å². The maximum absolute atomic E-state index is 12.2. The summed E-state index contributed by atoms with van der Waals surface area (Å²) in [5.74, 6) is 0.272. The summed E-state index contributed by atoms with van der Waals surface area (Å²) in [4.78, 5) is 22.3. The highest BCUT2D eigenvalue weighted by Crippen LogP contribution is 2.28. The van der Waals surface area contributed by atoms with E-state index in [0.29, 0.717) is 0 Å². The third-order valence-electron chi connectivity index (χ3n) is 4.35. The highest BCUT2D eigenvalue weighted by Gasteiger charge is 2.43. The van der Waals surface area contributed by atoms with E-state index in [-0.39, 0.29) is 5.82 Å². The number of hydrogen-bond acceptors (Lipinski definition) is 7. The first kappa shape index (κ1) is 17.0. The third-order valence-corrected chi connectivity index (χ3v) is 4.35. The smallest absolute Gasteiger partial charge is 0.351 e. The Kier molecular flexibility index (Phi) is 5.24. The number of nitrogens with zero attached hydrogens (tertiary/aromatic N) is 4. The summed E-state index contributed by atoms with van der Waals surface area (Å²) in [5, 5.41) is 28.8. The number of hydrogen-bond donors (Lipinski definition) is 3. The molecule has 0 radical (unpaired) electrons. The van der Waals surface area contributed by atoms with E-state index in [9.17, 15) is 15.0 Å². The molecule has 2 aliphatic rings. The Labute approximate surface area is 138 Å². The maximum atomic E-state index is 12.2. The number of aliphatic hydroxyl groups excluding tert-OH is 3. The summed E-state index contributed by atoms with van der Waals surface area (Å²) in [6.45, 7) is 1.45. The van der Waals surface area contributed by atoms with Gasteiger partial charge in [-0.2, -0.15) is 4.98 Å². The van der Waals surface area contributed by atoms with E-state index in [4.69, 9.17) is 9.84 Å². The van der Waals surface area contributed by atoms with Gasteiger partial charge in [0.05, 0.1) is 12.9 Å². The molecule has 0 amide bonds. The van der Waals surface area contributed by atoms with E-state index in [2.05, 4.69) is 14.9 Å². The summed E-state index contributed by atoms with van der Waals surface area (Å²) in [7, 11) is 0. The quantitative estimate of drug-likeness (QED) is 0.476. The fourth-order valence-corrected chi connectivity index (χ4v) is 2.95. The molecular formula is C15H22N4O5. The topological polar surface area (TPSA) is 120 Å². The second-order valence-corrected chi connectivity index (χ2v) is 6.05. The predicted molar refractivity (Wildman–Crippen MR) is 85.1 cm³/mol. The zero-order valence-corrected chi connectivity index (χ0v) is 13.2. The number of aliphatic imine (C=N–C) groups is 1. The van der Waals surface area contributed by atoms with Crippen LogP contribution in [0.5, 0.6) is 0 Å². The molecule has 3 rings (SSSR count). The monoisotopic (exact) mass is 338 g/mol. The van der Waals surface area contributed by atoms with E-state index in [1.54, 1.807) is 6.34 Å². The number of aliphatic hydroxyl groups is 3. The van der Waals surface area contributed by atoms with Crippen molar-refractivity contribution in [2.75, 3.05) is 19.7 Å². The van der Waals surface area contributed by atoms with Crippen molar-refractivity contribution in [2.24, 2.45) is 4.99 Å². The minimum absolute atomic E-state index is 0.272. The van der Waals surface area contributed by atoms with Gasteiger partial charge in [-0.15, -0.1) is 0 Å². The van der Waals surface area contributed by atoms with Crippen LogP contribution >= 0.6 is 0 Å². The SMILES string of the molecule is O=c1nc(N=CN2CCCCC2)ccn1[C@@H]1O[C@H](CO)[C@H](O)C1O. The first-order valence-electron chi connectivity index (χ1n) is 8.10. The zero-order valence-electron chi connectivity index (χ0n) is 13.2. The van der Waals surface area contributed by atoms with Crippen LogP contribution < -0.4 is 5.69 Å². The molecule has 1 aromatic heterocycles. The van der Waals surface area contributed by atoms with Crippen LogP contribution in [0.2, 0.25) is 0 Å². The molecule has 1 unspecified atom stereocenters. The largest absolute Gasteiger partial charge is 0.394 e. The van der Waals surface area contributed by atoms with Crippen LogP contribution in [0.25, 0.3) is 0 Å². The number of likely N-dealkylation sites (tertiary alicyclic amines) is 1. The minimum atomic E-state index is -1.32. The molecule has 0 spiro atoms. The lowest BCUT2D eigenvalue weighted by Crippen LogP contribution is -2.35. The number of piperidine rings is 1. The van der Waals surface area contributed by atoms with E-state index in [1.807, 2.05) is 0 Å². The van der Waals surface area contributed by atoms with Crippen LogP contribution in [0.4, 0.5) is 5.82 Å². The van der Waals surface area contributed by atoms with Crippen LogP contribution in [0.3, 0.4) is 0 Å². The van der Waals surface area contributed by atoms with Crippen molar-refractivity contribution in [2.45, 2.75) is 43.8 Å². The Bertz CT molecular complexity index is 643. The Morgan fingerprint density at radius 3 is 2.67 bits per heavy atom. The summed E-state index contributed by atoms with van der Waals surface area (Å²) >= 11 is 0. The fourth-order valence-electron chi connectivity index (χ4n) is 2.95. The van der Waals surface area contributed by atoms with Crippen molar-refractivity contribution in [3.8, 4) is 0 Å². The van der Waals surface area contributed by atoms with Crippen LogP contribution in [0.15, 0.2) is 22.1 Å². The molecule has 4 atom stereocenters. The van der Waals surface area contributed by atoms with Gasteiger partial charge < -0.3 is 25.0 Å². The zero-order chi connectivity index (χ0) is 17.1. The predicted octanol–water partition coefficient (Wildman–Crippen LogP) is -0.999. The Morgan fingerprint density at radius 1 is 1.29 bits per heavy atom. The lowest BCUT2D eigenvalue weighted by Gasteiger charge is -2.23. The Hall–Kier alpha value is -1.81. The second kappa shape index (κ2) is 7.39. The molecule has 9 nitrogen and oxygen atoms in total. The molecule has 2 saturated heterocycles. The van der Waals surface area contributed by atoms with Gasteiger partial charge in [-0.1, -0.05) is 0 Å². The van der Waals surface area contributed by atoms with Crippen LogP contribution in [0.1, 0.15) is 25.5 Å². The van der Waals surface area contributed by atoms with Gasteiger partial charge in [-0.3, -0.25) is 4.57 Å². The molecule has 24 heavy (non-hydrogen) atoms. The van der Waals surface area contributed by atoms with Crippen molar-refractivity contribution < 1.29 is 20.1 Å². The van der Waals surface area contributed by atoms with Crippen molar-refractivity contribution in [1.82, 2.24) is 14.5 Å². The van der Waals surface area contributed by atoms with Gasteiger partial charge in [-0.25, -0.2) is 9.79 Å². The molecule has 0 aliphatic carbocycles. The van der Waals surface area contributed by atoms with Crippen molar-refractivity contribution in [3.63, 3.8) is 0 Å². The van der Waals surface area contributed by atoms with Gasteiger partial charge in [0.15, 0.2) is 12.0 Å². The molecule has 3 heterocycles. The van der Waals surface area contributed by atoms with Gasteiger partial charge >= 0.3 is 5.69 Å². The Balaban J connectivity index is 1.73. The Morgan fingerprint density at radius 2 is 2.04 bits per heavy atom. The van der Waals surface area contributed by atoms with Crippen molar-refractivity contribution >= 4 is 12.2 Å². The highest BCUT2D eigenvalue weighted by molar-refractivity contribution is 5.59. The molecule has 132 valence electrons. The van der Waals surface area contributed by atoms with Gasteiger partial charge in [-0.05, 0) is 25.3 Å². The van der Waals surface area contributed by atoms with Crippen molar-refractivity contribution in [3.05, 3.63) is 22.7 Å². The summed E-state index contributed by atoms with van der Waals surface area (Å²) in [5.41, 5.74) is -0.641. The first-order chi connectivity index (χ1) is 11.6. The van der Waals surface area contributed by atoms with E-state index >= 15 is 0 Å². The van der Waals surface area contributed by atoms with E-state index in [1.165, 1.54) is 18.7 Å². The molecular weight excluding hydrogens is 316 g/mol. The number of rotatable bonds is 4. The van der Waals surface area contributed by atoms with E-state index in [0.717, 1.165) is 30.5 Å². The molecule has 2 aliphatic heterocycles. The van der Waals surface area contributed by atoms with Gasteiger partial charge in [0.1, 0.15) is 18.3 Å². The van der Waals surface area contributed by atoms with Crippen LogP contribution in [-0.4, -0.2) is 74.1 Å². The van der Waals surface area contributed by atoms with E-state index < -0.39 is 36.8 Å². The van der Waals surface area contributed by atoms with Crippen LogP contribution in [0, 0.1) is 0 Å². The second-order valence-electron chi connectivity index (χ2n) is 6.05. The summed E-state index contributed by atoms with van der Waals surface area (Å²) in [6.07, 6.45) is 2.00. The average molecular weight is 338 g/mol. The van der Waals surface area contributed by atoms with Crippen molar-refractivity contribution in [1.29, 1.82) is 0 Å². The van der Waals surface area contributed by atoms with Crippen LogP contribution in [-0.2, 0) is 4.74 Å². The first-order valence-corrected chi connectivity index (χ1v) is 8.10. The number of ether oxygens (including phenoxy) is 1. The standard InChI is InChI=1S/C15H22N4O5/c20-8-10-12(21)13(22)14(24-10)19-7-4-11(17-15(19)23)16-9-18-5-2-1-3-6-18/h4,7,9-10,12-14,20-22H,1-3,5-6,8H2/t10-,12+,13?,14-/m1/s1.